The zero-order valence-corrected chi connectivity index (χ0v) is 4.43. The number of hydrogen-bond donors (Lipinski definition) is 0. The van der Waals surface area contributed by atoms with Gasteiger partial charge in [0.05, 0.1) is 0 Å². The molecule has 0 aromatic carbocycles. The summed E-state index contributed by atoms with van der Waals surface area (Å²) in [5, 5.41) is 9.59. The van der Waals surface area contributed by atoms with Gasteiger partial charge in [-0.15, -0.1) is 0 Å². The first kappa shape index (κ1) is 6.99. The Hall–Kier alpha value is -1.01. The summed E-state index contributed by atoms with van der Waals surface area (Å²) >= 11 is 0. The molecule has 0 unspecified atom stereocenters. The largest absolute Gasteiger partial charge is 0.370 e. The molecule has 1 radical (unpaired) electrons. The molecule has 0 aliphatic rings. The minimum Gasteiger partial charge on any atom is -0.370 e. The summed E-state index contributed by atoms with van der Waals surface area (Å²) in [6.07, 6.45) is 2.00. The van der Waals surface area contributed by atoms with E-state index in [0.717, 1.165) is 0 Å². The van der Waals surface area contributed by atoms with Crippen LogP contribution in [0.1, 0.15) is 6.92 Å². The molecule has 3 nitrogen and oxygen atoms in total. The Bertz CT molecular complexity index is 128. The number of ether oxygens (including phenoxy) is 1. The molecule has 0 amide bonds. The van der Waals surface area contributed by atoms with Crippen LogP contribution in [0.15, 0.2) is 0 Å². The van der Waals surface area contributed by atoms with E-state index in [1.165, 1.54) is 6.92 Å². The lowest BCUT2D eigenvalue weighted by molar-refractivity contribution is -0.141. The monoisotopic (exact) mass is 113 g/mol. The molecule has 0 rings (SSSR count). The maximum absolute atomic E-state index is 9.93. The standard InChI is InChI=1S/C5H5O3/c1-2-3-8-5(7)4-6/h4H2,1H3. The van der Waals surface area contributed by atoms with Gasteiger partial charge < -0.3 is 4.74 Å². The van der Waals surface area contributed by atoms with E-state index in [9.17, 15) is 9.90 Å². The van der Waals surface area contributed by atoms with Crippen LogP contribution < -0.4 is 0 Å². The Morgan fingerprint density at radius 2 is 2.38 bits per heavy atom. The van der Waals surface area contributed by atoms with Crippen molar-refractivity contribution in [2.75, 3.05) is 6.61 Å². The Morgan fingerprint density at radius 1 is 1.75 bits per heavy atom. The molecule has 0 aliphatic heterocycles. The van der Waals surface area contributed by atoms with Crippen LogP contribution in [0.4, 0.5) is 0 Å². The Kier molecular flexibility index (Phi) is 3.63. The minimum absolute atomic E-state index is 0.834. The van der Waals surface area contributed by atoms with Crippen molar-refractivity contribution in [2.24, 2.45) is 0 Å². The van der Waals surface area contributed by atoms with Gasteiger partial charge >= 0.3 is 5.97 Å². The third-order valence-corrected chi connectivity index (χ3v) is 0.385. The highest BCUT2D eigenvalue weighted by Gasteiger charge is 1.94. The molecule has 0 bridgehead atoms. The number of carbonyl (C=O) groups excluding carboxylic acids is 1. The van der Waals surface area contributed by atoms with Crippen molar-refractivity contribution in [2.45, 2.75) is 6.92 Å². The second kappa shape index (κ2) is 4.16. The third kappa shape index (κ3) is 3.19. The first-order chi connectivity index (χ1) is 3.81. The molecule has 0 spiro atoms. The van der Waals surface area contributed by atoms with Gasteiger partial charge in [0.2, 0.25) is 0 Å². The minimum atomic E-state index is -0.866. The van der Waals surface area contributed by atoms with Crippen molar-refractivity contribution in [3.8, 4) is 12.0 Å². The van der Waals surface area contributed by atoms with Crippen LogP contribution in [0.3, 0.4) is 0 Å². The summed E-state index contributed by atoms with van der Waals surface area (Å²) in [6.45, 7) is 0.646. The van der Waals surface area contributed by atoms with Gasteiger partial charge in [-0.2, -0.15) is 0 Å². The van der Waals surface area contributed by atoms with Crippen molar-refractivity contribution in [1.82, 2.24) is 0 Å². The second-order valence-corrected chi connectivity index (χ2v) is 0.970. The SMILES string of the molecule is CC#COC(=O)C[O]. The van der Waals surface area contributed by atoms with E-state index >= 15 is 0 Å². The molecule has 43 valence electrons. The fraction of sp³-hybridized carbons (Fsp3) is 0.400. The lowest BCUT2D eigenvalue weighted by Gasteiger charge is -1.83. The highest BCUT2D eigenvalue weighted by atomic mass is 16.5. The number of hydrogen-bond acceptors (Lipinski definition) is 2. The molecule has 0 N–H and O–H groups in total. The average Bonchev–Trinajstić information content (AvgIpc) is 1.83. The van der Waals surface area contributed by atoms with Crippen molar-refractivity contribution in [3.05, 3.63) is 0 Å². The summed E-state index contributed by atoms with van der Waals surface area (Å²) in [5.41, 5.74) is 0. The van der Waals surface area contributed by atoms with Crippen molar-refractivity contribution in [1.29, 1.82) is 0 Å². The zero-order chi connectivity index (χ0) is 6.41. The van der Waals surface area contributed by atoms with E-state index in [2.05, 4.69) is 10.7 Å². The van der Waals surface area contributed by atoms with Gasteiger partial charge in [0.15, 0.2) is 6.61 Å². The topological polar surface area (TPSA) is 46.2 Å². The number of esters is 1. The number of rotatable bonds is 1. The molecular weight excluding hydrogens is 108 g/mol. The normalized spacial score (nSPS) is 6.75. The van der Waals surface area contributed by atoms with Crippen molar-refractivity contribution < 1.29 is 14.6 Å². The first-order valence-corrected chi connectivity index (χ1v) is 2.00. The van der Waals surface area contributed by atoms with Gasteiger partial charge in [0, 0.05) is 6.92 Å². The molecule has 0 fully saturated rings. The van der Waals surface area contributed by atoms with Crippen LogP contribution >= 0.6 is 0 Å². The van der Waals surface area contributed by atoms with Crippen LogP contribution in [-0.2, 0) is 14.6 Å². The Balaban J connectivity index is 3.35. The molecule has 0 aromatic heterocycles. The predicted octanol–water partition coefficient (Wildman–Crippen LogP) is -0.0591. The summed E-state index contributed by atoms with van der Waals surface area (Å²) < 4.78 is 4.03. The average molecular weight is 113 g/mol. The van der Waals surface area contributed by atoms with Crippen LogP contribution in [0, 0.1) is 12.0 Å². The van der Waals surface area contributed by atoms with Gasteiger partial charge in [-0.3, -0.25) is 0 Å². The van der Waals surface area contributed by atoms with Crippen molar-refractivity contribution in [3.63, 3.8) is 0 Å². The van der Waals surface area contributed by atoms with Crippen LogP contribution in [0.2, 0.25) is 0 Å². The lowest BCUT2D eigenvalue weighted by atomic mass is 10.7. The molecule has 0 saturated heterocycles. The fourth-order valence-electron chi connectivity index (χ4n) is 0.137. The number of carbonyl (C=O) groups is 1. The van der Waals surface area contributed by atoms with Crippen molar-refractivity contribution >= 4 is 5.97 Å². The van der Waals surface area contributed by atoms with Crippen LogP contribution in [-0.4, -0.2) is 12.6 Å². The maximum Gasteiger partial charge on any atom is 0.349 e. The summed E-state index contributed by atoms with van der Waals surface area (Å²) in [7, 11) is 0. The van der Waals surface area contributed by atoms with Crippen LogP contribution in [0.25, 0.3) is 0 Å². The third-order valence-electron chi connectivity index (χ3n) is 0.385. The van der Waals surface area contributed by atoms with Gasteiger partial charge in [-0.05, 0) is 0 Å². The van der Waals surface area contributed by atoms with E-state index in [0.29, 0.717) is 0 Å². The smallest absolute Gasteiger partial charge is 0.349 e. The van der Waals surface area contributed by atoms with Gasteiger partial charge in [0.1, 0.15) is 6.11 Å². The zero-order valence-electron chi connectivity index (χ0n) is 4.43. The molecule has 8 heavy (non-hydrogen) atoms. The molecule has 0 heterocycles. The van der Waals surface area contributed by atoms with E-state index in [1.54, 1.807) is 0 Å². The first-order valence-electron chi connectivity index (χ1n) is 2.00. The molecule has 0 saturated carbocycles. The molecule has 0 aromatic rings. The maximum atomic E-state index is 9.93. The molecule has 0 atom stereocenters. The van der Waals surface area contributed by atoms with Crippen LogP contribution in [0.5, 0.6) is 0 Å². The fourth-order valence-corrected chi connectivity index (χ4v) is 0.137. The molecule has 0 aliphatic carbocycles. The lowest BCUT2D eigenvalue weighted by Crippen LogP contribution is -2.03. The highest BCUT2D eigenvalue weighted by Crippen LogP contribution is 1.70. The van der Waals surface area contributed by atoms with E-state index in [-0.39, 0.29) is 0 Å². The van der Waals surface area contributed by atoms with E-state index in [1.807, 2.05) is 6.11 Å². The molecular formula is C5H5O3. The van der Waals surface area contributed by atoms with Gasteiger partial charge in [-0.25, -0.2) is 9.90 Å². The quantitative estimate of drug-likeness (QED) is 0.353. The van der Waals surface area contributed by atoms with E-state index < -0.39 is 12.6 Å². The molecule has 3 heteroatoms. The highest BCUT2D eigenvalue weighted by molar-refractivity contribution is 5.71. The summed E-state index contributed by atoms with van der Waals surface area (Å²) in [5.74, 6) is 1.47. The predicted molar refractivity (Wildman–Crippen MR) is 25.1 cm³/mol. The van der Waals surface area contributed by atoms with Gasteiger partial charge in [0.25, 0.3) is 0 Å². The Labute approximate surface area is 47.3 Å². The summed E-state index contributed by atoms with van der Waals surface area (Å²) in [4.78, 5) is 9.93. The summed E-state index contributed by atoms with van der Waals surface area (Å²) in [6, 6.07) is 0. The van der Waals surface area contributed by atoms with Gasteiger partial charge in [-0.1, -0.05) is 5.92 Å². The Morgan fingerprint density at radius 3 is 2.75 bits per heavy atom. The van der Waals surface area contributed by atoms with E-state index in [4.69, 9.17) is 0 Å². The second-order valence-electron chi connectivity index (χ2n) is 0.970.